The molecule has 2 heteroatoms. The molecule has 1 aliphatic heterocycles. The summed E-state index contributed by atoms with van der Waals surface area (Å²) in [5.74, 6) is 0. The van der Waals surface area contributed by atoms with Crippen LogP contribution in [0.1, 0.15) is 41.0 Å². The number of hydrogen-bond donors (Lipinski definition) is 1. The van der Waals surface area contributed by atoms with E-state index in [0.717, 1.165) is 6.54 Å². The molecule has 1 N–H and O–H groups in total. The van der Waals surface area contributed by atoms with Crippen molar-refractivity contribution < 1.29 is 0 Å². The average Bonchev–Trinajstić information content (AvgIpc) is 2.50. The molecule has 78 valence electrons. The fourth-order valence-corrected chi connectivity index (χ4v) is 1.55. The van der Waals surface area contributed by atoms with Crippen LogP contribution in [0.4, 0.5) is 0 Å². The molecule has 13 heavy (non-hydrogen) atoms. The largest absolute Gasteiger partial charge is 0.312 e. The Morgan fingerprint density at radius 2 is 1.85 bits per heavy atom. The molecule has 2 nitrogen and oxygen atoms in total. The first-order valence-corrected chi connectivity index (χ1v) is 5.31. The van der Waals surface area contributed by atoms with Crippen LogP contribution in [-0.4, -0.2) is 35.6 Å². The van der Waals surface area contributed by atoms with Crippen LogP contribution in [-0.2, 0) is 0 Å². The number of nitrogens with zero attached hydrogens (tertiary/aromatic N) is 1. The predicted molar refractivity (Wildman–Crippen MR) is 58.0 cm³/mol. The molecule has 0 amide bonds. The van der Waals surface area contributed by atoms with Crippen molar-refractivity contribution in [2.24, 2.45) is 0 Å². The lowest BCUT2D eigenvalue weighted by molar-refractivity contribution is 0.386. The minimum Gasteiger partial charge on any atom is -0.312 e. The standard InChI is InChI=1S/C11H24N2/c1-10(2,3)12-7-6-8-13-9-11(13,4)5/h12H,6-9H2,1-5H3. The van der Waals surface area contributed by atoms with Crippen LogP contribution in [0, 0.1) is 0 Å². The molecule has 0 aromatic carbocycles. The van der Waals surface area contributed by atoms with Gasteiger partial charge in [-0.1, -0.05) is 0 Å². The fourth-order valence-electron chi connectivity index (χ4n) is 1.55. The molecule has 0 spiro atoms. The Morgan fingerprint density at radius 3 is 2.23 bits per heavy atom. The molecule has 0 saturated carbocycles. The van der Waals surface area contributed by atoms with Gasteiger partial charge in [-0.05, 0) is 47.6 Å². The SMILES string of the molecule is CC(C)(C)NCCCN1CC1(C)C. The zero-order chi connectivity index (χ0) is 10.1. The minimum atomic E-state index is 0.272. The Kier molecular flexibility index (Phi) is 3.03. The summed E-state index contributed by atoms with van der Waals surface area (Å²) in [5, 5.41) is 3.51. The molecular formula is C11H24N2. The van der Waals surface area contributed by atoms with Crippen LogP contribution in [0.3, 0.4) is 0 Å². The molecule has 1 aliphatic rings. The molecule has 1 heterocycles. The van der Waals surface area contributed by atoms with Crippen LogP contribution in [0.15, 0.2) is 0 Å². The van der Waals surface area contributed by atoms with Gasteiger partial charge < -0.3 is 5.32 Å². The second-order valence-electron chi connectivity index (χ2n) is 5.76. The smallest absolute Gasteiger partial charge is 0.0281 e. The lowest BCUT2D eigenvalue weighted by atomic mass is 10.1. The molecule has 1 unspecified atom stereocenters. The molecule has 0 bridgehead atoms. The van der Waals surface area contributed by atoms with Crippen LogP contribution in [0.2, 0.25) is 0 Å². The van der Waals surface area contributed by atoms with Gasteiger partial charge in [0, 0.05) is 24.2 Å². The van der Waals surface area contributed by atoms with Gasteiger partial charge in [-0.2, -0.15) is 0 Å². The van der Waals surface area contributed by atoms with Gasteiger partial charge in [0.05, 0.1) is 0 Å². The summed E-state index contributed by atoms with van der Waals surface area (Å²) in [7, 11) is 0. The highest BCUT2D eigenvalue weighted by Crippen LogP contribution is 2.30. The van der Waals surface area contributed by atoms with Gasteiger partial charge in [0.1, 0.15) is 0 Å². The van der Waals surface area contributed by atoms with E-state index in [9.17, 15) is 0 Å². The lowest BCUT2D eigenvalue weighted by Gasteiger charge is -2.20. The van der Waals surface area contributed by atoms with E-state index in [0.29, 0.717) is 5.54 Å². The van der Waals surface area contributed by atoms with Crippen molar-refractivity contribution in [3.05, 3.63) is 0 Å². The maximum Gasteiger partial charge on any atom is 0.0281 e. The van der Waals surface area contributed by atoms with Gasteiger partial charge in [-0.25, -0.2) is 0 Å². The Hall–Kier alpha value is -0.0800. The van der Waals surface area contributed by atoms with Crippen molar-refractivity contribution in [3.63, 3.8) is 0 Å². The van der Waals surface area contributed by atoms with Crippen molar-refractivity contribution in [2.75, 3.05) is 19.6 Å². The lowest BCUT2D eigenvalue weighted by Crippen LogP contribution is -2.37. The van der Waals surface area contributed by atoms with Crippen molar-refractivity contribution in [1.29, 1.82) is 0 Å². The summed E-state index contributed by atoms with van der Waals surface area (Å²) in [6, 6.07) is 0. The van der Waals surface area contributed by atoms with Crippen molar-refractivity contribution in [1.82, 2.24) is 10.2 Å². The summed E-state index contributed by atoms with van der Waals surface area (Å²) in [5.41, 5.74) is 0.774. The van der Waals surface area contributed by atoms with E-state index in [1.54, 1.807) is 0 Å². The normalized spacial score (nSPS) is 26.1. The zero-order valence-electron chi connectivity index (χ0n) is 9.78. The van der Waals surface area contributed by atoms with Crippen molar-refractivity contribution in [3.8, 4) is 0 Å². The first kappa shape index (κ1) is 11.0. The molecule has 1 atom stereocenters. The van der Waals surface area contributed by atoms with Crippen LogP contribution >= 0.6 is 0 Å². The van der Waals surface area contributed by atoms with E-state index < -0.39 is 0 Å². The summed E-state index contributed by atoms with van der Waals surface area (Å²) >= 11 is 0. The topological polar surface area (TPSA) is 15.0 Å². The zero-order valence-corrected chi connectivity index (χ0v) is 9.78. The Bertz CT molecular complexity index is 167. The number of rotatable bonds is 4. The maximum atomic E-state index is 3.51. The molecule has 0 aromatic heterocycles. The minimum absolute atomic E-state index is 0.272. The Morgan fingerprint density at radius 1 is 1.31 bits per heavy atom. The summed E-state index contributed by atoms with van der Waals surface area (Å²) in [6.45, 7) is 14.9. The molecule has 0 aliphatic carbocycles. The van der Waals surface area contributed by atoms with Crippen molar-refractivity contribution >= 4 is 0 Å². The van der Waals surface area contributed by atoms with E-state index in [1.807, 2.05) is 0 Å². The van der Waals surface area contributed by atoms with Crippen LogP contribution in [0.25, 0.3) is 0 Å². The Labute approximate surface area is 82.7 Å². The average molecular weight is 184 g/mol. The van der Waals surface area contributed by atoms with Gasteiger partial charge in [0.25, 0.3) is 0 Å². The second-order valence-corrected chi connectivity index (χ2v) is 5.76. The first-order valence-electron chi connectivity index (χ1n) is 5.31. The molecule has 1 rings (SSSR count). The third-order valence-corrected chi connectivity index (χ3v) is 2.59. The number of hydrogen-bond acceptors (Lipinski definition) is 2. The third-order valence-electron chi connectivity index (χ3n) is 2.59. The van der Waals surface area contributed by atoms with E-state index in [2.05, 4.69) is 44.8 Å². The van der Waals surface area contributed by atoms with Gasteiger partial charge in [-0.3, -0.25) is 4.90 Å². The highest BCUT2D eigenvalue weighted by atomic mass is 15.3. The van der Waals surface area contributed by atoms with Crippen LogP contribution in [0.5, 0.6) is 0 Å². The van der Waals surface area contributed by atoms with Gasteiger partial charge in [0.15, 0.2) is 0 Å². The monoisotopic (exact) mass is 184 g/mol. The molecule has 1 fully saturated rings. The third kappa shape index (κ3) is 4.10. The van der Waals surface area contributed by atoms with Crippen LogP contribution < -0.4 is 5.32 Å². The van der Waals surface area contributed by atoms with E-state index in [-0.39, 0.29) is 5.54 Å². The van der Waals surface area contributed by atoms with Gasteiger partial charge in [0.2, 0.25) is 0 Å². The maximum absolute atomic E-state index is 3.51. The van der Waals surface area contributed by atoms with Gasteiger partial charge in [-0.15, -0.1) is 0 Å². The Balaban J connectivity index is 1.97. The van der Waals surface area contributed by atoms with E-state index in [1.165, 1.54) is 19.5 Å². The molecule has 1 saturated heterocycles. The summed E-state index contributed by atoms with van der Waals surface area (Å²) < 4.78 is 0. The summed E-state index contributed by atoms with van der Waals surface area (Å²) in [4.78, 5) is 2.53. The predicted octanol–water partition coefficient (Wildman–Crippen LogP) is 1.86. The fraction of sp³-hybridized carbons (Fsp3) is 1.00. The molecule has 0 radical (unpaired) electrons. The highest BCUT2D eigenvalue weighted by Gasteiger charge is 2.41. The van der Waals surface area contributed by atoms with E-state index >= 15 is 0 Å². The van der Waals surface area contributed by atoms with E-state index in [4.69, 9.17) is 0 Å². The summed E-state index contributed by atoms with van der Waals surface area (Å²) in [6.07, 6.45) is 1.26. The highest BCUT2D eigenvalue weighted by molar-refractivity contribution is 4.99. The second kappa shape index (κ2) is 3.58. The molecule has 0 aromatic rings. The van der Waals surface area contributed by atoms with Gasteiger partial charge >= 0.3 is 0 Å². The van der Waals surface area contributed by atoms with Crippen molar-refractivity contribution in [2.45, 2.75) is 52.1 Å². The first-order chi connectivity index (χ1) is 5.81. The number of nitrogens with one attached hydrogen (secondary N) is 1. The quantitative estimate of drug-likeness (QED) is 0.530. The molecular weight excluding hydrogens is 160 g/mol.